The monoisotopic (exact) mass is 596 g/mol. The molecule has 0 spiro atoms. The number of ether oxygens (including phenoxy) is 2. The smallest absolute Gasteiger partial charge is 0.252 e. The minimum absolute atomic E-state index is 0. The van der Waals surface area contributed by atoms with Crippen molar-refractivity contribution < 1.29 is 42.8 Å². The minimum Gasteiger partial charge on any atom is -1.00 e. The van der Waals surface area contributed by atoms with Crippen LogP contribution in [0.25, 0.3) is 0 Å². The lowest BCUT2D eigenvalue weighted by molar-refractivity contribution is -0.697. The highest BCUT2D eigenvalue weighted by Gasteiger charge is 2.10. The molecule has 2 rings (SSSR count). The molecular formula is C29H45IN2O3. The first-order valence-electron chi connectivity index (χ1n) is 13.2. The van der Waals surface area contributed by atoms with Crippen molar-refractivity contribution >= 4 is 5.91 Å². The molecule has 0 fully saturated rings. The topological polar surface area (TPSA) is 51.4 Å². The van der Waals surface area contributed by atoms with E-state index in [0.717, 1.165) is 30.7 Å². The van der Waals surface area contributed by atoms with Crippen LogP contribution in [-0.4, -0.2) is 19.6 Å². The molecule has 0 bridgehead atoms. The van der Waals surface area contributed by atoms with Crippen molar-refractivity contribution in [2.45, 2.75) is 97.6 Å². The van der Waals surface area contributed by atoms with E-state index in [-0.39, 0.29) is 29.9 Å². The van der Waals surface area contributed by atoms with Crippen LogP contribution < -0.4 is 43.3 Å². The molecule has 1 aromatic heterocycles. The number of amides is 1. The van der Waals surface area contributed by atoms with E-state index in [1.807, 2.05) is 42.7 Å². The molecule has 6 heteroatoms. The third kappa shape index (κ3) is 12.6. The summed E-state index contributed by atoms with van der Waals surface area (Å²) in [5.41, 5.74) is 1.64. The van der Waals surface area contributed by atoms with Crippen molar-refractivity contribution in [1.29, 1.82) is 0 Å². The number of hydrogen-bond acceptors (Lipinski definition) is 3. The number of rotatable bonds is 18. The van der Waals surface area contributed by atoms with Gasteiger partial charge < -0.3 is 38.8 Å². The summed E-state index contributed by atoms with van der Waals surface area (Å²) in [6.45, 7) is 6.50. The second-order valence-electron chi connectivity index (χ2n) is 9.02. The number of carbonyl (C=O) groups excluding carboxylic acids is 1. The molecule has 0 aliphatic rings. The number of aryl methyl sites for hydroxylation is 1. The van der Waals surface area contributed by atoms with Crippen LogP contribution in [0.15, 0.2) is 42.7 Å². The van der Waals surface area contributed by atoms with Gasteiger partial charge in [-0.05, 0) is 24.1 Å². The maximum absolute atomic E-state index is 12.5. The van der Waals surface area contributed by atoms with Gasteiger partial charge in [-0.1, -0.05) is 77.7 Å². The van der Waals surface area contributed by atoms with Crippen LogP contribution in [0.5, 0.6) is 11.5 Å². The van der Waals surface area contributed by atoms with Gasteiger partial charge in [0.25, 0.3) is 5.91 Å². The fourth-order valence-electron chi connectivity index (χ4n) is 4.01. The maximum Gasteiger partial charge on any atom is 0.252 e. The van der Waals surface area contributed by atoms with E-state index < -0.39 is 0 Å². The SMILES string of the molecule is CCCCCCCCCCCCOc1ccc(CNC(=O)c2cc[n+](CCC)cc2)cc1OC.[I-]. The molecule has 0 aliphatic carbocycles. The van der Waals surface area contributed by atoms with Crippen LogP contribution in [0, 0.1) is 0 Å². The van der Waals surface area contributed by atoms with Crippen LogP contribution in [0.4, 0.5) is 0 Å². The Kier molecular flexibility index (Phi) is 17.3. The lowest BCUT2D eigenvalue weighted by Crippen LogP contribution is -3.00. The molecule has 1 amide bonds. The molecule has 0 radical (unpaired) electrons. The Bertz CT molecular complexity index is 827. The molecule has 1 N–H and O–H groups in total. The molecule has 0 saturated carbocycles. The third-order valence-corrected chi connectivity index (χ3v) is 6.07. The van der Waals surface area contributed by atoms with E-state index in [2.05, 4.69) is 23.7 Å². The molecular weight excluding hydrogens is 551 g/mol. The number of pyridine rings is 1. The number of hydrogen-bond donors (Lipinski definition) is 1. The standard InChI is InChI=1S/C29H44N2O3.HI/c1-4-6-7-8-9-10-11-12-13-14-22-34-27-16-15-25(23-28(27)33-3)24-30-29(32)26-17-20-31(19-5-2)21-18-26;/h15-18,20-21,23H,4-14,19,22,24H2,1-3H3;1H. The highest BCUT2D eigenvalue weighted by Crippen LogP contribution is 2.28. The fraction of sp³-hybridized carbons (Fsp3) is 0.586. The Morgan fingerprint density at radius 2 is 1.46 bits per heavy atom. The molecule has 0 unspecified atom stereocenters. The predicted molar refractivity (Wildman–Crippen MR) is 138 cm³/mol. The molecule has 196 valence electrons. The fourth-order valence-corrected chi connectivity index (χ4v) is 4.01. The summed E-state index contributed by atoms with van der Waals surface area (Å²) in [5.74, 6) is 1.39. The lowest BCUT2D eigenvalue weighted by atomic mass is 10.1. The molecule has 0 atom stereocenters. The second kappa shape index (κ2) is 19.4. The summed E-state index contributed by atoms with van der Waals surface area (Å²) in [7, 11) is 1.65. The first kappa shape index (κ1) is 31.2. The van der Waals surface area contributed by atoms with Gasteiger partial charge in [-0.2, -0.15) is 0 Å². The van der Waals surface area contributed by atoms with E-state index in [9.17, 15) is 4.79 Å². The van der Waals surface area contributed by atoms with Crippen LogP contribution in [-0.2, 0) is 13.1 Å². The summed E-state index contributed by atoms with van der Waals surface area (Å²) in [4.78, 5) is 12.5. The maximum atomic E-state index is 12.5. The van der Waals surface area contributed by atoms with Crippen LogP contribution in [0.2, 0.25) is 0 Å². The summed E-state index contributed by atoms with van der Waals surface area (Å²) in [6.07, 6.45) is 18.1. The van der Waals surface area contributed by atoms with Crippen molar-refractivity contribution in [3.8, 4) is 11.5 Å². The van der Waals surface area contributed by atoms with Gasteiger partial charge in [0.2, 0.25) is 0 Å². The molecule has 5 nitrogen and oxygen atoms in total. The number of halogens is 1. The zero-order valence-electron chi connectivity index (χ0n) is 22.0. The van der Waals surface area contributed by atoms with E-state index in [1.54, 1.807) is 7.11 Å². The molecule has 1 aromatic carbocycles. The van der Waals surface area contributed by atoms with E-state index in [1.165, 1.54) is 57.8 Å². The number of carbonyl (C=O) groups is 1. The number of aromatic nitrogens is 1. The van der Waals surface area contributed by atoms with Crippen molar-refractivity contribution in [3.05, 3.63) is 53.9 Å². The van der Waals surface area contributed by atoms with Crippen LogP contribution in [0.3, 0.4) is 0 Å². The number of nitrogens with one attached hydrogen (secondary N) is 1. The molecule has 2 aromatic rings. The Morgan fingerprint density at radius 1 is 0.829 bits per heavy atom. The van der Waals surface area contributed by atoms with Crippen molar-refractivity contribution in [2.75, 3.05) is 13.7 Å². The minimum atomic E-state index is -0.0797. The van der Waals surface area contributed by atoms with Gasteiger partial charge in [-0.25, -0.2) is 4.57 Å². The predicted octanol–water partition coefficient (Wildman–Crippen LogP) is 3.63. The Balaban J connectivity index is 0.00000612. The highest BCUT2D eigenvalue weighted by atomic mass is 127. The van der Waals surface area contributed by atoms with Gasteiger partial charge in [0.15, 0.2) is 23.9 Å². The summed E-state index contributed by atoms with van der Waals surface area (Å²) in [6, 6.07) is 9.57. The first-order valence-corrected chi connectivity index (χ1v) is 13.2. The van der Waals surface area contributed by atoms with Gasteiger partial charge in [-0.3, -0.25) is 4.79 Å². The van der Waals surface area contributed by atoms with Crippen molar-refractivity contribution in [1.82, 2.24) is 5.32 Å². The number of methoxy groups -OCH3 is 1. The Labute approximate surface area is 230 Å². The molecule has 35 heavy (non-hydrogen) atoms. The summed E-state index contributed by atoms with van der Waals surface area (Å²) >= 11 is 0. The summed E-state index contributed by atoms with van der Waals surface area (Å²) in [5, 5.41) is 2.98. The molecule has 1 heterocycles. The zero-order valence-corrected chi connectivity index (χ0v) is 24.1. The quantitative estimate of drug-likeness (QED) is 0.163. The average Bonchev–Trinajstić information content (AvgIpc) is 2.86. The number of nitrogens with zero attached hydrogens (tertiary/aromatic N) is 1. The van der Waals surface area contributed by atoms with Crippen molar-refractivity contribution in [2.24, 2.45) is 0 Å². The normalized spacial score (nSPS) is 10.5. The van der Waals surface area contributed by atoms with Crippen LogP contribution >= 0.6 is 0 Å². The van der Waals surface area contributed by atoms with Gasteiger partial charge in [-0.15, -0.1) is 0 Å². The third-order valence-electron chi connectivity index (χ3n) is 6.07. The number of unbranched alkanes of at least 4 members (excludes halogenated alkanes) is 9. The lowest BCUT2D eigenvalue weighted by Gasteiger charge is -2.13. The average molecular weight is 597 g/mol. The van der Waals surface area contributed by atoms with Crippen molar-refractivity contribution in [3.63, 3.8) is 0 Å². The zero-order chi connectivity index (χ0) is 24.4. The van der Waals surface area contributed by atoms with Gasteiger partial charge in [0, 0.05) is 25.1 Å². The Hall–Kier alpha value is -1.83. The van der Waals surface area contributed by atoms with E-state index in [4.69, 9.17) is 9.47 Å². The van der Waals surface area contributed by atoms with E-state index in [0.29, 0.717) is 24.5 Å². The largest absolute Gasteiger partial charge is 1.00 e. The second-order valence-corrected chi connectivity index (χ2v) is 9.02. The van der Waals surface area contributed by atoms with E-state index >= 15 is 0 Å². The van der Waals surface area contributed by atoms with Gasteiger partial charge in [0.05, 0.1) is 19.3 Å². The first-order chi connectivity index (χ1) is 16.7. The van der Waals surface area contributed by atoms with Crippen LogP contribution in [0.1, 0.15) is 100 Å². The Morgan fingerprint density at radius 3 is 2.06 bits per heavy atom. The highest BCUT2D eigenvalue weighted by molar-refractivity contribution is 5.93. The van der Waals surface area contributed by atoms with Gasteiger partial charge >= 0.3 is 0 Å². The van der Waals surface area contributed by atoms with Gasteiger partial charge in [0.1, 0.15) is 6.54 Å². The molecule has 0 aliphatic heterocycles. The molecule has 0 saturated heterocycles. The summed E-state index contributed by atoms with van der Waals surface area (Å²) < 4.78 is 13.6. The number of benzene rings is 1.